The molecule has 0 aliphatic carbocycles. The van der Waals surface area contributed by atoms with E-state index in [0.29, 0.717) is 11.4 Å². The van der Waals surface area contributed by atoms with Gasteiger partial charge in [-0.05, 0) is 70.4 Å². The van der Waals surface area contributed by atoms with Crippen LogP contribution in [0.25, 0.3) is 0 Å². The average Bonchev–Trinajstić information content (AvgIpc) is 2.74. The lowest BCUT2D eigenvalue weighted by Crippen LogP contribution is -2.54. The summed E-state index contributed by atoms with van der Waals surface area (Å²) in [5, 5.41) is 2.91. The van der Waals surface area contributed by atoms with Crippen molar-refractivity contribution in [2.45, 2.75) is 59.7 Å². The van der Waals surface area contributed by atoms with E-state index in [1.165, 1.54) is 4.90 Å². The largest absolute Gasteiger partial charge is 0.497 e. The van der Waals surface area contributed by atoms with Crippen LogP contribution in [0.5, 0.6) is 5.75 Å². The minimum absolute atomic E-state index is 0.110. The molecule has 2 rings (SSSR count). The maximum absolute atomic E-state index is 13.7. The Labute approximate surface area is 209 Å². The number of anilines is 1. The highest BCUT2D eigenvalue weighted by Gasteiger charge is 2.32. The van der Waals surface area contributed by atoms with Crippen LogP contribution >= 0.6 is 0 Å². The molecule has 0 aliphatic heterocycles. The number of carbonyl (C=O) groups excluding carboxylic acids is 2. The molecule has 2 aromatic rings. The number of rotatable bonds is 9. The fourth-order valence-corrected chi connectivity index (χ4v) is 4.76. The van der Waals surface area contributed by atoms with Gasteiger partial charge in [0.15, 0.2) is 0 Å². The molecule has 0 aromatic heterocycles. The molecule has 8 nitrogen and oxygen atoms in total. The number of nitrogens with one attached hydrogen (secondary N) is 1. The van der Waals surface area contributed by atoms with Gasteiger partial charge in [0.05, 0.1) is 19.1 Å². The van der Waals surface area contributed by atoms with Gasteiger partial charge in [-0.25, -0.2) is 8.42 Å². The summed E-state index contributed by atoms with van der Waals surface area (Å²) >= 11 is 0. The molecule has 192 valence electrons. The molecule has 0 saturated heterocycles. The maximum Gasteiger partial charge on any atom is 0.244 e. The summed E-state index contributed by atoms with van der Waals surface area (Å²) in [4.78, 5) is 28.1. The lowest BCUT2D eigenvalue weighted by Gasteiger charge is -2.33. The summed E-state index contributed by atoms with van der Waals surface area (Å²) in [6, 6.07) is 11.8. The Morgan fingerprint density at radius 3 is 2.14 bits per heavy atom. The second-order valence-corrected chi connectivity index (χ2v) is 11.7. The first-order valence-corrected chi connectivity index (χ1v) is 13.3. The van der Waals surface area contributed by atoms with E-state index in [9.17, 15) is 18.0 Å². The Kier molecular flexibility index (Phi) is 8.94. The number of ether oxygens (including phenoxy) is 1. The maximum atomic E-state index is 13.7. The van der Waals surface area contributed by atoms with Gasteiger partial charge in [-0.15, -0.1) is 0 Å². The van der Waals surface area contributed by atoms with Crippen LogP contribution in [0.4, 0.5) is 5.69 Å². The number of sulfonamides is 1. The van der Waals surface area contributed by atoms with Crippen LogP contribution in [-0.4, -0.2) is 56.6 Å². The van der Waals surface area contributed by atoms with Crippen LogP contribution in [0, 0.1) is 13.8 Å². The first-order valence-electron chi connectivity index (χ1n) is 11.4. The number of amides is 2. The summed E-state index contributed by atoms with van der Waals surface area (Å²) in [6.45, 7) is 10.5. The molecular weight excluding hydrogens is 466 g/mol. The highest BCUT2D eigenvalue weighted by atomic mass is 32.2. The van der Waals surface area contributed by atoms with E-state index in [1.807, 2.05) is 32.9 Å². The zero-order valence-electron chi connectivity index (χ0n) is 21.9. The molecule has 0 heterocycles. The van der Waals surface area contributed by atoms with Crippen molar-refractivity contribution in [3.05, 3.63) is 59.2 Å². The summed E-state index contributed by atoms with van der Waals surface area (Å²) in [5.41, 5.74) is 2.21. The van der Waals surface area contributed by atoms with Gasteiger partial charge in [-0.3, -0.25) is 13.9 Å². The Morgan fingerprint density at radius 1 is 1.06 bits per heavy atom. The number of hydrogen-bond donors (Lipinski definition) is 1. The first-order chi connectivity index (χ1) is 16.1. The fourth-order valence-electron chi connectivity index (χ4n) is 3.80. The van der Waals surface area contributed by atoms with Gasteiger partial charge < -0.3 is 15.0 Å². The normalized spacial score (nSPS) is 12.6. The molecule has 1 N–H and O–H groups in total. The van der Waals surface area contributed by atoms with Crippen molar-refractivity contribution in [2.75, 3.05) is 24.2 Å². The minimum atomic E-state index is -3.78. The van der Waals surface area contributed by atoms with Crippen molar-refractivity contribution in [1.29, 1.82) is 0 Å². The van der Waals surface area contributed by atoms with Gasteiger partial charge in [-0.1, -0.05) is 30.3 Å². The molecule has 0 unspecified atom stereocenters. The summed E-state index contributed by atoms with van der Waals surface area (Å²) < 4.78 is 32.0. The van der Waals surface area contributed by atoms with Gasteiger partial charge in [0, 0.05) is 12.1 Å². The highest BCUT2D eigenvalue weighted by Crippen LogP contribution is 2.27. The van der Waals surface area contributed by atoms with Crippen molar-refractivity contribution < 1.29 is 22.7 Å². The number of para-hydroxylation sites is 1. The third kappa shape index (κ3) is 7.71. The van der Waals surface area contributed by atoms with Gasteiger partial charge >= 0.3 is 0 Å². The van der Waals surface area contributed by atoms with E-state index >= 15 is 0 Å². The van der Waals surface area contributed by atoms with Crippen molar-refractivity contribution in [3.63, 3.8) is 0 Å². The number of carbonyl (C=O) groups is 2. The SMILES string of the molecule is COc1cccc(CN(C(=O)CN(c2c(C)cccc2C)S(C)(=O)=O)[C@@H](C)C(=O)NC(C)(C)C)c1. The van der Waals surface area contributed by atoms with Crippen LogP contribution in [0.2, 0.25) is 0 Å². The molecule has 2 amide bonds. The molecule has 0 bridgehead atoms. The Balaban J connectivity index is 2.48. The second-order valence-electron chi connectivity index (χ2n) is 9.80. The van der Waals surface area contributed by atoms with E-state index in [0.717, 1.165) is 27.3 Å². The number of methoxy groups -OCH3 is 1. The van der Waals surface area contributed by atoms with Crippen molar-refractivity contribution in [3.8, 4) is 5.75 Å². The van der Waals surface area contributed by atoms with Gasteiger partial charge in [0.1, 0.15) is 18.3 Å². The Hall–Kier alpha value is -3.07. The second kappa shape index (κ2) is 11.1. The van der Waals surface area contributed by atoms with Crippen molar-refractivity contribution >= 4 is 27.5 Å². The minimum Gasteiger partial charge on any atom is -0.497 e. The lowest BCUT2D eigenvalue weighted by molar-refractivity contribution is -0.140. The molecule has 2 aromatic carbocycles. The fraction of sp³-hybridized carbons (Fsp3) is 0.462. The molecule has 9 heteroatoms. The summed E-state index contributed by atoms with van der Waals surface area (Å²) in [6.07, 6.45) is 1.08. The molecule has 35 heavy (non-hydrogen) atoms. The van der Waals surface area contributed by atoms with E-state index in [4.69, 9.17) is 4.74 Å². The lowest BCUT2D eigenvalue weighted by atomic mass is 10.1. The van der Waals surface area contributed by atoms with Gasteiger partial charge in [0.2, 0.25) is 21.8 Å². The molecule has 0 radical (unpaired) electrons. The predicted octanol–water partition coefficient (Wildman–Crippen LogP) is 3.41. The van der Waals surface area contributed by atoms with E-state index in [2.05, 4.69) is 5.32 Å². The molecule has 1 atom stereocenters. The monoisotopic (exact) mass is 503 g/mol. The van der Waals surface area contributed by atoms with Gasteiger partial charge in [-0.2, -0.15) is 0 Å². The summed E-state index contributed by atoms with van der Waals surface area (Å²) in [7, 11) is -2.23. The topological polar surface area (TPSA) is 96.0 Å². The smallest absolute Gasteiger partial charge is 0.244 e. The Bertz CT molecular complexity index is 1150. The Morgan fingerprint density at radius 2 is 1.63 bits per heavy atom. The quantitative estimate of drug-likeness (QED) is 0.566. The van der Waals surface area contributed by atoms with Crippen LogP contribution in [0.15, 0.2) is 42.5 Å². The molecule has 0 aliphatic rings. The average molecular weight is 504 g/mol. The standard InChI is InChI=1S/C26H37N3O5S/c1-18-11-9-12-19(2)24(18)29(35(8,32)33)17-23(30)28(20(3)25(31)27-26(4,5)6)16-21-13-10-14-22(15-21)34-7/h9-15,20H,16-17H2,1-8H3,(H,27,31)/t20-/m0/s1. The molecule has 0 spiro atoms. The molecule has 0 fully saturated rings. The molecule has 0 saturated carbocycles. The highest BCUT2D eigenvalue weighted by molar-refractivity contribution is 7.92. The first kappa shape index (κ1) is 28.2. The third-order valence-corrected chi connectivity index (χ3v) is 6.63. The summed E-state index contributed by atoms with van der Waals surface area (Å²) in [5.74, 6) is -0.195. The van der Waals surface area contributed by atoms with Crippen LogP contribution in [0.1, 0.15) is 44.4 Å². The van der Waals surface area contributed by atoms with Crippen LogP contribution in [-0.2, 0) is 26.2 Å². The van der Waals surface area contributed by atoms with Crippen molar-refractivity contribution in [1.82, 2.24) is 10.2 Å². The van der Waals surface area contributed by atoms with Gasteiger partial charge in [0.25, 0.3) is 0 Å². The number of hydrogen-bond acceptors (Lipinski definition) is 5. The van der Waals surface area contributed by atoms with E-state index in [1.54, 1.807) is 58.2 Å². The van der Waals surface area contributed by atoms with E-state index < -0.39 is 34.1 Å². The molecular formula is C26H37N3O5S. The predicted molar refractivity (Wildman–Crippen MR) is 139 cm³/mol. The van der Waals surface area contributed by atoms with E-state index in [-0.39, 0.29) is 12.5 Å². The van der Waals surface area contributed by atoms with Crippen LogP contribution in [0.3, 0.4) is 0 Å². The zero-order chi connectivity index (χ0) is 26.6. The zero-order valence-corrected chi connectivity index (χ0v) is 22.7. The van der Waals surface area contributed by atoms with Crippen LogP contribution < -0.4 is 14.4 Å². The number of aryl methyl sites for hydroxylation is 2. The number of nitrogens with zero attached hydrogens (tertiary/aromatic N) is 2. The van der Waals surface area contributed by atoms with Crippen molar-refractivity contribution in [2.24, 2.45) is 0 Å². The number of benzene rings is 2. The third-order valence-electron chi connectivity index (χ3n) is 5.52.